The van der Waals surface area contributed by atoms with Gasteiger partial charge in [-0.25, -0.2) is 4.79 Å². The topological polar surface area (TPSA) is 79.4 Å². The molecule has 4 fully saturated rings. The lowest BCUT2D eigenvalue weighted by molar-refractivity contribution is -0.151. The number of hydrogen-bond acceptors (Lipinski definition) is 5. The van der Waals surface area contributed by atoms with Gasteiger partial charge in [0.1, 0.15) is 13.2 Å². The summed E-state index contributed by atoms with van der Waals surface area (Å²) in [5.74, 6) is 0.128. The normalized spacial score (nSPS) is 30.4. The summed E-state index contributed by atoms with van der Waals surface area (Å²) in [5, 5.41) is 0. The first kappa shape index (κ1) is 17.6. The van der Waals surface area contributed by atoms with Crippen molar-refractivity contribution in [2.24, 2.45) is 5.41 Å². The minimum Gasteiger partial charge on any atom is -0.448 e. The monoisotopic (exact) mass is 365 g/mol. The lowest BCUT2D eigenvalue weighted by Crippen LogP contribution is -2.55. The van der Waals surface area contributed by atoms with Gasteiger partial charge in [0.2, 0.25) is 11.8 Å². The fourth-order valence-electron chi connectivity index (χ4n) is 4.74. The quantitative estimate of drug-likeness (QED) is 0.726. The molecule has 0 N–H and O–H groups in total. The fraction of sp³-hybridized carbons (Fsp3) is 0.833. The average molecular weight is 365 g/mol. The van der Waals surface area contributed by atoms with Crippen LogP contribution in [0.15, 0.2) is 0 Å². The zero-order valence-corrected chi connectivity index (χ0v) is 15.2. The highest BCUT2D eigenvalue weighted by Crippen LogP contribution is 2.41. The largest absolute Gasteiger partial charge is 0.448 e. The number of likely N-dealkylation sites (tertiary alicyclic amines) is 2. The van der Waals surface area contributed by atoms with Crippen LogP contribution < -0.4 is 0 Å². The Hall–Kier alpha value is -1.83. The molecule has 4 aliphatic heterocycles. The van der Waals surface area contributed by atoms with Gasteiger partial charge < -0.3 is 19.3 Å². The van der Waals surface area contributed by atoms with E-state index in [1.54, 1.807) is 4.90 Å². The van der Waals surface area contributed by atoms with Gasteiger partial charge in [0, 0.05) is 38.9 Å². The zero-order chi connectivity index (χ0) is 18.1. The number of piperidine rings is 1. The summed E-state index contributed by atoms with van der Waals surface area (Å²) >= 11 is 0. The first-order valence-electron chi connectivity index (χ1n) is 9.67. The number of carbonyl (C=O) groups excluding carboxylic acids is 3. The third-order valence-electron chi connectivity index (χ3n) is 6.28. The summed E-state index contributed by atoms with van der Waals surface area (Å²) in [6.07, 6.45) is 3.95. The van der Waals surface area contributed by atoms with Crippen molar-refractivity contribution < 1.29 is 23.9 Å². The Morgan fingerprint density at radius 1 is 1.08 bits per heavy atom. The Balaban J connectivity index is 1.40. The molecule has 144 valence electrons. The van der Waals surface area contributed by atoms with Gasteiger partial charge in [-0.05, 0) is 32.1 Å². The van der Waals surface area contributed by atoms with Crippen molar-refractivity contribution in [1.29, 1.82) is 0 Å². The van der Waals surface area contributed by atoms with E-state index in [1.165, 1.54) is 4.90 Å². The van der Waals surface area contributed by atoms with E-state index < -0.39 is 11.5 Å². The maximum atomic E-state index is 13.3. The Morgan fingerprint density at radius 2 is 1.88 bits per heavy atom. The first-order valence-corrected chi connectivity index (χ1v) is 9.67. The van der Waals surface area contributed by atoms with Crippen LogP contribution in [0.3, 0.4) is 0 Å². The second-order valence-corrected chi connectivity index (χ2v) is 7.83. The van der Waals surface area contributed by atoms with Crippen LogP contribution in [-0.2, 0) is 19.1 Å². The molecule has 1 atom stereocenters. The third kappa shape index (κ3) is 3.15. The van der Waals surface area contributed by atoms with Crippen LogP contribution in [0.1, 0.15) is 32.1 Å². The van der Waals surface area contributed by atoms with Crippen LogP contribution in [0.4, 0.5) is 4.79 Å². The fourth-order valence-corrected chi connectivity index (χ4v) is 4.74. The van der Waals surface area contributed by atoms with Gasteiger partial charge in [-0.15, -0.1) is 0 Å². The first-order chi connectivity index (χ1) is 12.6. The number of cyclic esters (lactones) is 1. The molecule has 3 amide bonds. The number of carbonyl (C=O) groups is 3. The predicted molar refractivity (Wildman–Crippen MR) is 91.3 cm³/mol. The van der Waals surface area contributed by atoms with Gasteiger partial charge in [-0.3, -0.25) is 14.5 Å². The van der Waals surface area contributed by atoms with E-state index in [4.69, 9.17) is 9.47 Å². The molecule has 4 aliphatic rings. The van der Waals surface area contributed by atoms with E-state index in [-0.39, 0.29) is 24.4 Å². The Kier molecular flexibility index (Phi) is 4.77. The van der Waals surface area contributed by atoms with Crippen molar-refractivity contribution >= 4 is 17.9 Å². The Bertz CT molecular complexity index is 591. The molecule has 0 aromatic carbocycles. The van der Waals surface area contributed by atoms with E-state index >= 15 is 0 Å². The van der Waals surface area contributed by atoms with E-state index in [9.17, 15) is 14.4 Å². The van der Waals surface area contributed by atoms with E-state index in [2.05, 4.69) is 4.90 Å². The number of hydrogen-bond donors (Lipinski definition) is 0. The molecule has 0 aliphatic carbocycles. The van der Waals surface area contributed by atoms with Crippen molar-refractivity contribution in [3.8, 4) is 0 Å². The molecule has 8 heteroatoms. The average Bonchev–Trinajstić information content (AvgIpc) is 3.26. The molecule has 1 spiro atoms. The smallest absolute Gasteiger partial charge is 0.410 e. The van der Waals surface area contributed by atoms with E-state index in [0.29, 0.717) is 26.2 Å². The second-order valence-electron chi connectivity index (χ2n) is 7.83. The molecule has 0 saturated carbocycles. The minimum atomic E-state index is -0.433. The second kappa shape index (κ2) is 7.06. The molecule has 4 rings (SSSR count). The number of amides is 3. The zero-order valence-electron chi connectivity index (χ0n) is 15.2. The summed E-state index contributed by atoms with van der Waals surface area (Å²) in [7, 11) is 0. The minimum absolute atomic E-state index is 0.0484. The maximum Gasteiger partial charge on any atom is 0.410 e. The van der Waals surface area contributed by atoms with Gasteiger partial charge >= 0.3 is 6.09 Å². The van der Waals surface area contributed by atoms with Crippen molar-refractivity contribution in [3.05, 3.63) is 0 Å². The summed E-state index contributed by atoms with van der Waals surface area (Å²) in [4.78, 5) is 42.7. The predicted octanol–water partition coefficient (Wildman–Crippen LogP) is 0.459. The summed E-state index contributed by atoms with van der Waals surface area (Å²) in [6, 6.07) is 0.276. The molecule has 4 saturated heterocycles. The van der Waals surface area contributed by atoms with Crippen LogP contribution in [0, 0.1) is 5.41 Å². The van der Waals surface area contributed by atoms with E-state index in [1.807, 2.05) is 0 Å². The van der Waals surface area contributed by atoms with Crippen molar-refractivity contribution in [1.82, 2.24) is 14.7 Å². The molecule has 0 aromatic rings. The molecule has 4 heterocycles. The highest BCUT2D eigenvalue weighted by molar-refractivity contribution is 5.87. The molecule has 0 bridgehead atoms. The molecular weight excluding hydrogens is 338 g/mol. The highest BCUT2D eigenvalue weighted by atomic mass is 16.6. The summed E-state index contributed by atoms with van der Waals surface area (Å²) < 4.78 is 10.3. The number of nitrogens with zero attached hydrogens (tertiary/aromatic N) is 3. The lowest BCUT2D eigenvalue weighted by Gasteiger charge is -2.44. The third-order valence-corrected chi connectivity index (χ3v) is 6.28. The SMILES string of the molecule is O=C(CN1CCOC1=O)N1CC[C@]2(CCCN(C3CCOCC3)C2=O)C1. The van der Waals surface area contributed by atoms with Gasteiger partial charge in [0.25, 0.3) is 0 Å². The Labute approximate surface area is 153 Å². The summed E-state index contributed by atoms with van der Waals surface area (Å²) in [6.45, 7) is 4.18. The number of rotatable bonds is 3. The van der Waals surface area contributed by atoms with Crippen LogP contribution in [0.5, 0.6) is 0 Å². The molecule has 0 radical (unpaired) electrons. The van der Waals surface area contributed by atoms with Gasteiger partial charge in [0.15, 0.2) is 0 Å². The molecule has 0 aromatic heterocycles. The van der Waals surface area contributed by atoms with Crippen LogP contribution in [-0.4, -0.2) is 91.2 Å². The van der Waals surface area contributed by atoms with Crippen LogP contribution >= 0.6 is 0 Å². The number of ether oxygens (including phenoxy) is 2. The van der Waals surface area contributed by atoms with Crippen molar-refractivity contribution in [2.75, 3.05) is 52.5 Å². The van der Waals surface area contributed by atoms with Crippen molar-refractivity contribution in [3.63, 3.8) is 0 Å². The summed E-state index contributed by atoms with van der Waals surface area (Å²) in [5.41, 5.74) is -0.433. The van der Waals surface area contributed by atoms with Gasteiger partial charge in [0.05, 0.1) is 12.0 Å². The molecule has 26 heavy (non-hydrogen) atoms. The molecule has 8 nitrogen and oxygen atoms in total. The standard InChI is InChI=1S/C18H27N3O5/c22-15(12-19-8-11-26-17(19)24)20-7-5-18(13-20)4-1-6-21(16(18)23)14-2-9-25-10-3-14/h14H,1-13H2/t18-/m1/s1. The van der Waals surface area contributed by atoms with Gasteiger partial charge in [-0.1, -0.05) is 0 Å². The molecular formula is C18H27N3O5. The molecule has 0 unspecified atom stereocenters. The van der Waals surface area contributed by atoms with Gasteiger partial charge in [-0.2, -0.15) is 0 Å². The van der Waals surface area contributed by atoms with Crippen LogP contribution in [0.2, 0.25) is 0 Å². The van der Waals surface area contributed by atoms with E-state index in [0.717, 1.165) is 51.9 Å². The lowest BCUT2D eigenvalue weighted by atomic mass is 9.77. The van der Waals surface area contributed by atoms with Crippen molar-refractivity contribution in [2.45, 2.75) is 38.1 Å². The Morgan fingerprint density at radius 3 is 2.62 bits per heavy atom. The maximum absolute atomic E-state index is 13.3. The highest BCUT2D eigenvalue weighted by Gasteiger charge is 2.50. The van der Waals surface area contributed by atoms with Crippen LogP contribution in [0.25, 0.3) is 0 Å².